The highest BCUT2D eigenvalue weighted by Gasteiger charge is 2.30. The molecule has 4 N–H and O–H groups in total. The van der Waals surface area contributed by atoms with Crippen LogP contribution < -0.4 is 10.5 Å². The number of thioether (sulfide) groups is 1. The standard InChI is InChI=1S/C23H25N3O7S/c1-3-32-19(28)12-33-18-8-7-16(20(29)21(18)34-4-2)17(27)11-26-10-14-9-13(22(24)25-31)5-6-15(14)23(26)30/h5-9,29,31H,3-4,10-12H2,1-2H3,(H2,24,25). The van der Waals surface area contributed by atoms with Gasteiger partial charge in [0.15, 0.2) is 18.2 Å². The number of aromatic hydroxyl groups is 1. The molecule has 0 saturated carbocycles. The minimum Gasteiger partial charge on any atom is -0.506 e. The van der Waals surface area contributed by atoms with Crippen LogP contribution in [0.2, 0.25) is 0 Å². The first kappa shape index (κ1) is 24.9. The zero-order valence-corrected chi connectivity index (χ0v) is 19.6. The molecule has 2 aromatic rings. The quantitative estimate of drug-likeness (QED) is 0.0872. The number of carbonyl (C=O) groups is 3. The molecule has 0 aromatic heterocycles. The SMILES string of the molecule is CCOC(=O)COc1ccc(C(=O)CN2Cc3cc(/C(N)=N/O)ccc3C2=O)c(O)c1SCC. The number of ether oxygens (including phenoxy) is 2. The third kappa shape index (κ3) is 5.25. The Morgan fingerprint density at radius 2 is 2.00 bits per heavy atom. The molecular weight excluding hydrogens is 462 g/mol. The molecule has 0 unspecified atom stereocenters. The summed E-state index contributed by atoms with van der Waals surface area (Å²) in [6.45, 7) is 3.37. The summed E-state index contributed by atoms with van der Waals surface area (Å²) in [5.74, 6) is -0.830. The van der Waals surface area contributed by atoms with E-state index in [0.717, 1.165) is 0 Å². The number of amidine groups is 1. The molecule has 3 rings (SSSR count). The number of oxime groups is 1. The number of nitrogens with two attached hydrogens (primary N) is 1. The largest absolute Gasteiger partial charge is 0.506 e. The Morgan fingerprint density at radius 1 is 1.24 bits per heavy atom. The number of fused-ring (bicyclic) bond motifs is 1. The van der Waals surface area contributed by atoms with Gasteiger partial charge in [0.05, 0.1) is 23.6 Å². The van der Waals surface area contributed by atoms with E-state index in [-0.39, 0.29) is 55.1 Å². The number of Topliss-reactive ketones (excluding diaryl/α,β-unsaturated/α-hetero) is 1. The highest BCUT2D eigenvalue weighted by Crippen LogP contribution is 2.40. The number of nitrogens with zero attached hydrogens (tertiary/aromatic N) is 2. The van der Waals surface area contributed by atoms with E-state index < -0.39 is 11.8 Å². The molecule has 1 aliphatic rings. The molecule has 0 radical (unpaired) electrons. The van der Waals surface area contributed by atoms with Crippen LogP contribution in [0.1, 0.15) is 45.7 Å². The van der Waals surface area contributed by atoms with Crippen LogP contribution in [0.4, 0.5) is 0 Å². The predicted octanol–water partition coefficient (Wildman–Crippen LogP) is 2.38. The van der Waals surface area contributed by atoms with Gasteiger partial charge < -0.3 is 30.4 Å². The minimum absolute atomic E-state index is 0.0422. The fourth-order valence-electron chi connectivity index (χ4n) is 3.50. The Morgan fingerprint density at radius 3 is 2.68 bits per heavy atom. The Balaban J connectivity index is 1.78. The van der Waals surface area contributed by atoms with Gasteiger partial charge in [0.25, 0.3) is 5.91 Å². The maximum atomic E-state index is 13.0. The first-order valence-corrected chi connectivity index (χ1v) is 11.5. The number of carbonyl (C=O) groups excluding carboxylic acids is 3. The van der Waals surface area contributed by atoms with Crippen LogP contribution in [0.5, 0.6) is 11.5 Å². The summed E-state index contributed by atoms with van der Waals surface area (Å²) in [7, 11) is 0. The number of hydrogen-bond donors (Lipinski definition) is 3. The summed E-state index contributed by atoms with van der Waals surface area (Å²) < 4.78 is 10.3. The van der Waals surface area contributed by atoms with E-state index in [4.69, 9.17) is 20.4 Å². The fourth-order valence-corrected chi connectivity index (χ4v) is 4.30. The first-order valence-electron chi connectivity index (χ1n) is 10.5. The lowest BCUT2D eigenvalue weighted by Gasteiger charge is -2.17. The molecule has 0 bridgehead atoms. The predicted molar refractivity (Wildman–Crippen MR) is 125 cm³/mol. The molecule has 34 heavy (non-hydrogen) atoms. The van der Waals surface area contributed by atoms with Crippen LogP contribution in [0.15, 0.2) is 40.4 Å². The molecule has 0 saturated heterocycles. The van der Waals surface area contributed by atoms with Crippen molar-refractivity contribution in [2.45, 2.75) is 25.3 Å². The summed E-state index contributed by atoms with van der Waals surface area (Å²) in [4.78, 5) is 39.1. The molecule has 1 amide bonds. The van der Waals surface area contributed by atoms with Gasteiger partial charge in [0, 0.05) is 17.7 Å². The van der Waals surface area contributed by atoms with Crippen molar-refractivity contribution < 1.29 is 34.2 Å². The lowest BCUT2D eigenvalue weighted by Crippen LogP contribution is -2.30. The van der Waals surface area contributed by atoms with Crippen molar-refractivity contribution in [3.05, 3.63) is 52.6 Å². The number of phenols is 1. The Labute approximate surface area is 200 Å². The van der Waals surface area contributed by atoms with Gasteiger partial charge in [-0.3, -0.25) is 9.59 Å². The maximum absolute atomic E-state index is 13.0. The second-order valence-electron chi connectivity index (χ2n) is 7.26. The third-order valence-corrected chi connectivity index (χ3v) is 6.03. The number of amides is 1. The molecule has 10 nitrogen and oxygen atoms in total. The van der Waals surface area contributed by atoms with Gasteiger partial charge in [-0.05, 0) is 42.5 Å². The molecule has 0 spiro atoms. The van der Waals surface area contributed by atoms with E-state index in [1.807, 2.05) is 6.92 Å². The number of hydrogen-bond acceptors (Lipinski definition) is 9. The van der Waals surface area contributed by atoms with E-state index in [2.05, 4.69) is 5.16 Å². The summed E-state index contributed by atoms with van der Waals surface area (Å²) in [6.07, 6.45) is 0. The van der Waals surface area contributed by atoms with E-state index in [1.54, 1.807) is 25.1 Å². The lowest BCUT2D eigenvalue weighted by atomic mass is 10.1. The smallest absolute Gasteiger partial charge is 0.344 e. The van der Waals surface area contributed by atoms with Crippen LogP contribution in [0.25, 0.3) is 0 Å². The van der Waals surface area contributed by atoms with Crippen molar-refractivity contribution in [3.8, 4) is 11.5 Å². The molecule has 0 atom stereocenters. The van der Waals surface area contributed by atoms with Gasteiger partial charge in [0.1, 0.15) is 11.5 Å². The topological polar surface area (TPSA) is 152 Å². The second kappa shape index (κ2) is 10.9. The molecule has 2 aromatic carbocycles. The van der Waals surface area contributed by atoms with Gasteiger partial charge in [0.2, 0.25) is 0 Å². The average Bonchev–Trinajstić information content (AvgIpc) is 3.13. The summed E-state index contributed by atoms with van der Waals surface area (Å²) in [6, 6.07) is 7.68. The molecule has 1 heterocycles. The van der Waals surface area contributed by atoms with Crippen molar-refractivity contribution in [3.63, 3.8) is 0 Å². The van der Waals surface area contributed by atoms with Crippen LogP contribution in [-0.2, 0) is 16.1 Å². The van der Waals surface area contributed by atoms with Crippen molar-refractivity contribution >= 4 is 35.3 Å². The van der Waals surface area contributed by atoms with Gasteiger partial charge in [-0.1, -0.05) is 18.1 Å². The molecular formula is C23H25N3O7S. The van der Waals surface area contributed by atoms with Crippen LogP contribution in [-0.4, -0.2) is 64.2 Å². The van der Waals surface area contributed by atoms with Crippen LogP contribution in [0.3, 0.4) is 0 Å². The molecule has 180 valence electrons. The van der Waals surface area contributed by atoms with Crippen molar-refractivity contribution in [2.24, 2.45) is 10.9 Å². The number of phenolic OH excluding ortho intramolecular Hbond substituents is 1. The van der Waals surface area contributed by atoms with Gasteiger partial charge in [-0.2, -0.15) is 0 Å². The van der Waals surface area contributed by atoms with Gasteiger partial charge >= 0.3 is 5.97 Å². The van der Waals surface area contributed by atoms with E-state index in [0.29, 0.717) is 27.3 Å². The van der Waals surface area contributed by atoms with Crippen molar-refractivity contribution in [1.82, 2.24) is 4.90 Å². The summed E-state index contributed by atoms with van der Waals surface area (Å²) in [5, 5.41) is 22.6. The van der Waals surface area contributed by atoms with Crippen molar-refractivity contribution in [1.29, 1.82) is 0 Å². The van der Waals surface area contributed by atoms with Crippen LogP contribution in [0, 0.1) is 0 Å². The number of benzene rings is 2. The Kier molecular flexibility index (Phi) is 8.00. The Bertz CT molecular complexity index is 1150. The molecule has 0 fully saturated rings. The third-order valence-electron chi connectivity index (χ3n) is 5.06. The summed E-state index contributed by atoms with van der Waals surface area (Å²) >= 11 is 1.26. The average molecular weight is 488 g/mol. The number of esters is 1. The molecule has 11 heteroatoms. The highest BCUT2D eigenvalue weighted by molar-refractivity contribution is 7.99. The fraction of sp³-hybridized carbons (Fsp3) is 0.304. The zero-order chi connectivity index (χ0) is 24.8. The number of ketones is 1. The number of rotatable bonds is 10. The van der Waals surface area contributed by atoms with Crippen LogP contribution >= 0.6 is 11.8 Å². The van der Waals surface area contributed by atoms with Gasteiger partial charge in [-0.25, -0.2) is 4.79 Å². The highest BCUT2D eigenvalue weighted by atomic mass is 32.2. The molecule has 0 aliphatic carbocycles. The normalized spacial score (nSPS) is 13.1. The first-order chi connectivity index (χ1) is 16.3. The van der Waals surface area contributed by atoms with E-state index in [1.165, 1.54) is 28.8 Å². The van der Waals surface area contributed by atoms with E-state index >= 15 is 0 Å². The van der Waals surface area contributed by atoms with Gasteiger partial charge in [-0.15, -0.1) is 11.8 Å². The Hall–Kier alpha value is -3.73. The maximum Gasteiger partial charge on any atom is 0.344 e. The zero-order valence-electron chi connectivity index (χ0n) is 18.7. The second-order valence-corrected chi connectivity index (χ2v) is 8.53. The molecule has 1 aliphatic heterocycles. The van der Waals surface area contributed by atoms with Crippen molar-refractivity contribution in [2.75, 3.05) is 25.5 Å². The minimum atomic E-state index is -0.545. The monoisotopic (exact) mass is 487 g/mol. The lowest BCUT2D eigenvalue weighted by molar-refractivity contribution is -0.145. The van der Waals surface area contributed by atoms with E-state index in [9.17, 15) is 19.5 Å². The summed E-state index contributed by atoms with van der Waals surface area (Å²) in [5.41, 5.74) is 7.19.